The molecule has 0 fully saturated rings. The number of carbonyl (C=O) groups is 1. The monoisotopic (exact) mass is 310 g/mol. The number of fused-ring (bicyclic) bond motifs is 1. The van der Waals surface area contributed by atoms with E-state index >= 15 is 0 Å². The minimum Gasteiger partial charge on any atom is -0.338 e. The topological polar surface area (TPSA) is 49.3 Å². The maximum absolute atomic E-state index is 12.5. The van der Waals surface area contributed by atoms with Gasteiger partial charge in [0.15, 0.2) is 0 Å². The molecule has 0 spiro atoms. The molecular weight excluding hydrogens is 288 g/mol. The molecule has 1 unspecified atom stereocenters. The number of aromatic nitrogens is 2. The van der Waals surface area contributed by atoms with Gasteiger partial charge in [0.05, 0.1) is 0 Å². The van der Waals surface area contributed by atoms with E-state index < -0.39 is 0 Å². The van der Waals surface area contributed by atoms with Crippen molar-refractivity contribution >= 4 is 17.4 Å². The van der Waals surface area contributed by atoms with Crippen LogP contribution in [0, 0.1) is 0 Å². The molecule has 0 bridgehead atoms. The van der Waals surface area contributed by atoms with Crippen molar-refractivity contribution in [3.8, 4) is 0 Å². The number of nitrogens with zero attached hydrogens (tertiary/aromatic N) is 4. The third-order valence-corrected chi connectivity index (χ3v) is 4.38. The molecule has 5 nitrogen and oxygen atoms in total. The highest BCUT2D eigenvalue weighted by atomic mass is 16.2. The third kappa shape index (κ3) is 2.79. The van der Waals surface area contributed by atoms with E-state index in [1.165, 1.54) is 17.6 Å². The molecule has 1 aliphatic rings. The Hall–Kier alpha value is -2.43. The summed E-state index contributed by atoms with van der Waals surface area (Å²) in [6.07, 6.45) is 2.47. The van der Waals surface area contributed by atoms with Gasteiger partial charge in [0.2, 0.25) is 0 Å². The summed E-state index contributed by atoms with van der Waals surface area (Å²) in [5.41, 5.74) is 2.94. The fourth-order valence-corrected chi connectivity index (χ4v) is 3.18. The molecule has 1 aromatic heterocycles. The molecule has 0 saturated heterocycles. The first-order valence-electron chi connectivity index (χ1n) is 8.14. The summed E-state index contributed by atoms with van der Waals surface area (Å²) < 4.78 is 0. The van der Waals surface area contributed by atoms with Crippen molar-refractivity contribution in [3.63, 3.8) is 0 Å². The molecule has 1 atom stereocenters. The van der Waals surface area contributed by atoms with Gasteiger partial charge in [-0.3, -0.25) is 4.79 Å². The molecule has 1 aliphatic heterocycles. The quantitative estimate of drug-likeness (QED) is 0.871. The lowest BCUT2D eigenvalue weighted by Crippen LogP contribution is -2.32. The molecule has 3 rings (SSSR count). The van der Waals surface area contributed by atoms with Gasteiger partial charge >= 0.3 is 0 Å². The summed E-state index contributed by atoms with van der Waals surface area (Å²) >= 11 is 0. The minimum atomic E-state index is -0.0428. The van der Waals surface area contributed by atoms with Gasteiger partial charge in [-0.2, -0.15) is 0 Å². The summed E-state index contributed by atoms with van der Waals surface area (Å²) in [6.45, 7) is 7.48. The predicted molar refractivity (Wildman–Crippen MR) is 91.0 cm³/mol. The number of hydrogen-bond donors (Lipinski definition) is 0. The first-order chi connectivity index (χ1) is 11.2. The number of benzene rings is 1. The lowest BCUT2D eigenvalue weighted by atomic mass is 10.1. The van der Waals surface area contributed by atoms with Crippen LogP contribution in [0.3, 0.4) is 0 Å². The molecule has 2 aromatic rings. The molecule has 0 saturated carbocycles. The molecule has 0 radical (unpaired) electrons. The van der Waals surface area contributed by atoms with Gasteiger partial charge in [-0.15, -0.1) is 0 Å². The van der Waals surface area contributed by atoms with Gasteiger partial charge in [-0.1, -0.05) is 18.2 Å². The molecule has 0 aliphatic carbocycles. The van der Waals surface area contributed by atoms with E-state index in [4.69, 9.17) is 0 Å². The van der Waals surface area contributed by atoms with Crippen LogP contribution in [-0.4, -0.2) is 39.9 Å². The fourth-order valence-electron chi connectivity index (χ4n) is 3.18. The zero-order chi connectivity index (χ0) is 16.4. The van der Waals surface area contributed by atoms with Crippen molar-refractivity contribution < 1.29 is 4.79 Å². The molecule has 23 heavy (non-hydrogen) atoms. The zero-order valence-corrected chi connectivity index (χ0v) is 13.9. The van der Waals surface area contributed by atoms with Crippen LogP contribution in [-0.2, 0) is 6.42 Å². The van der Waals surface area contributed by atoms with Gasteiger partial charge in [0.1, 0.15) is 17.8 Å². The second-order valence-corrected chi connectivity index (χ2v) is 5.79. The maximum Gasteiger partial charge on any atom is 0.272 e. The van der Waals surface area contributed by atoms with Crippen molar-refractivity contribution in [1.29, 1.82) is 0 Å². The number of carbonyl (C=O) groups excluding carboxylic acids is 1. The van der Waals surface area contributed by atoms with Crippen LogP contribution in [0.5, 0.6) is 0 Å². The summed E-state index contributed by atoms with van der Waals surface area (Å²) in [5, 5.41) is 0. The fraction of sp³-hybridized carbons (Fsp3) is 0.389. The first kappa shape index (κ1) is 15.5. The highest BCUT2D eigenvalue weighted by Gasteiger charge is 2.28. The Morgan fingerprint density at radius 1 is 1.26 bits per heavy atom. The van der Waals surface area contributed by atoms with E-state index in [2.05, 4.69) is 40.0 Å². The van der Waals surface area contributed by atoms with Crippen LogP contribution < -0.4 is 4.90 Å². The molecule has 1 aromatic carbocycles. The SMILES string of the molecule is CCN(CC)C(=O)c1cc(N2c3ccccc3CC2C)ncn1. The summed E-state index contributed by atoms with van der Waals surface area (Å²) in [7, 11) is 0. The Labute approximate surface area is 137 Å². The van der Waals surface area contributed by atoms with Gasteiger partial charge in [0, 0.05) is 30.9 Å². The number of hydrogen-bond acceptors (Lipinski definition) is 4. The van der Waals surface area contributed by atoms with E-state index in [1.807, 2.05) is 19.9 Å². The normalized spacial score (nSPS) is 16.3. The summed E-state index contributed by atoms with van der Waals surface area (Å²) in [6, 6.07) is 10.5. The predicted octanol–water partition coefficient (Wildman–Crippen LogP) is 3.04. The first-order valence-corrected chi connectivity index (χ1v) is 8.14. The molecule has 1 amide bonds. The number of para-hydroxylation sites is 1. The van der Waals surface area contributed by atoms with Crippen LogP contribution in [0.2, 0.25) is 0 Å². The smallest absolute Gasteiger partial charge is 0.272 e. The Morgan fingerprint density at radius 2 is 2.00 bits per heavy atom. The Kier molecular flexibility index (Phi) is 4.28. The molecule has 5 heteroatoms. The highest BCUT2D eigenvalue weighted by molar-refractivity contribution is 5.93. The summed E-state index contributed by atoms with van der Waals surface area (Å²) in [5.74, 6) is 0.742. The molecule has 120 valence electrons. The molecule has 0 N–H and O–H groups in total. The van der Waals surface area contributed by atoms with Crippen LogP contribution in [0.25, 0.3) is 0 Å². The number of amides is 1. The zero-order valence-electron chi connectivity index (χ0n) is 13.9. The van der Waals surface area contributed by atoms with E-state index in [1.54, 1.807) is 11.0 Å². The maximum atomic E-state index is 12.5. The average molecular weight is 310 g/mol. The second kappa shape index (κ2) is 6.36. The van der Waals surface area contributed by atoms with Crippen LogP contribution in [0.4, 0.5) is 11.5 Å². The lowest BCUT2D eigenvalue weighted by Gasteiger charge is -2.24. The number of rotatable bonds is 4. The third-order valence-electron chi connectivity index (χ3n) is 4.38. The van der Waals surface area contributed by atoms with Crippen LogP contribution >= 0.6 is 0 Å². The van der Waals surface area contributed by atoms with Crippen molar-refractivity contribution in [2.24, 2.45) is 0 Å². The van der Waals surface area contributed by atoms with Crippen molar-refractivity contribution in [3.05, 3.63) is 47.9 Å². The van der Waals surface area contributed by atoms with Crippen LogP contribution in [0.15, 0.2) is 36.7 Å². The largest absolute Gasteiger partial charge is 0.338 e. The highest BCUT2D eigenvalue weighted by Crippen LogP contribution is 2.37. The van der Waals surface area contributed by atoms with Crippen molar-refractivity contribution in [1.82, 2.24) is 14.9 Å². The molecular formula is C18H22N4O. The van der Waals surface area contributed by atoms with Crippen molar-refractivity contribution in [2.75, 3.05) is 18.0 Å². The minimum absolute atomic E-state index is 0.0428. The van der Waals surface area contributed by atoms with E-state index in [0.717, 1.165) is 12.2 Å². The van der Waals surface area contributed by atoms with Gasteiger partial charge < -0.3 is 9.80 Å². The lowest BCUT2D eigenvalue weighted by molar-refractivity contribution is 0.0767. The molecule has 2 heterocycles. The Morgan fingerprint density at radius 3 is 2.74 bits per heavy atom. The summed E-state index contributed by atoms with van der Waals surface area (Å²) in [4.78, 5) is 25.1. The van der Waals surface area contributed by atoms with E-state index in [0.29, 0.717) is 24.8 Å². The van der Waals surface area contributed by atoms with Gasteiger partial charge in [-0.05, 0) is 38.8 Å². The Bertz CT molecular complexity index is 712. The standard InChI is InChI=1S/C18H22N4O/c1-4-21(5-2)18(23)15-11-17(20-12-19-15)22-13(3)10-14-8-6-7-9-16(14)22/h6-9,11-13H,4-5,10H2,1-3H3. The van der Waals surface area contributed by atoms with Crippen molar-refractivity contribution in [2.45, 2.75) is 33.2 Å². The van der Waals surface area contributed by atoms with E-state index in [9.17, 15) is 4.79 Å². The Balaban J connectivity index is 1.96. The number of anilines is 2. The van der Waals surface area contributed by atoms with Gasteiger partial charge in [-0.25, -0.2) is 9.97 Å². The van der Waals surface area contributed by atoms with E-state index in [-0.39, 0.29) is 5.91 Å². The van der Waals surface area contributed by atoms with Gasteiger partial charge in [0.25, 0.3) is 5.91 Å². The average Bonchev–Trinajstić information content (AvgIpc) is 2.91. The second-order valence-electron chi connectivity index (χ2n) is 5.79. The van der Waals surface area contributed by atoms with Crippen LogP contribution in [0.1, 0.15) is 36.8 Å².